The van der Waals surface area contributed by atoms with Crippen LogP contribution in [0.25, 0.3) is 0 Å². The van der Waals surface area contributed by atoms with Gasteiger partial charge in [-0.05, 0) is 167 Å². The van der Waals surface area contributed by atoms with Gasteiger partial charge < -0.3 is 19.5 Å². The normalized spacial score (nSPS) is 11.7. The molecule has 1 amide bonds. The van der Waals surface area contributed by atoms with Crippen LogP contribution < -0.4 is 53.1 Å². The zero-order chi connectivity index (χ0) is 61.9. The molecule has 9 rings (SSSR count). The lowest BCUT2D eigenvalue weighted by atomic mass is 9.89. The quantitative estimate of drug-likeness (QED) is 0.0185. The fraction of sp³-hybridized carbons (Fsp3) is 0.256. The van der Waals surface area contributed by atoms with E-state index in [1.165, 1.54) is 54.8 Å². The Balaban J connectivity index is 0.849. The first kappa shape index (κ1) is 65.6. The summed E-state index contributed by atoms with van der Waals surface area (Å²) in [4.78, 5) is 55.7. The second kappa shape index (κ2) is 33.7. The molecule has 9 aromatic rings. The van der Waals surface area contributed by atoms with Crippen molar-refractivity contribution in [1.82, 2.24) is 5.32 Å². The second-order valence-corrected chi connectivity index (χ2v) is 33.7. The van der Waals surface area contributed by atoms with Gasteiger partial charge in [-0.15, -0.1) is 0 Å². The molecule has 0 bridgehead atoms. The average molecular weight is 1240 g/mol. The van der Waals surface area contributed by atoms with Crippen LogP contribution in [0.15, 0.2) is 273 Å². The van der Waals surface area contributed by atoms with Crippen LogP contribution in [0.5, 0.6) is 0 Å². The van der Waals surface area contributed by atoms with Crippen molar-refractivity contribution in [3.8, 4) is 0 Å². The molecule has 11 heteroatoms. The van der Waals surface area contributed by atoms with Crippen LogP contribution in [0.1, 0.15) is 77.0 Å². The van der Waals surface area contributed by atoms with Crippen molar-refractivity contribution in [3.05, 3.63) is 273 Å². The summed E-state index contributed by atoms with van der Waals surface area (Å²) in [6.07, 6.45) is 9.82. The number of nitrogens with one attached hydrogen (secondary N) is 1. The zero-order valence-electron chi connectivity index (χ0n) is 51.4. The molecule has 0 atom stereocenters. The number of esters is 3. The lowest BCUT2D eigenvalue weighted by Gasteiger charge is -2.30. The Morgan fingerprint density at radius 1 is 0.281 bits per heavy atom. The van der Waals surface area contributed by atoms with Crippen LogP contribution in [-0.2, 0) is 33.4 Å². The van der Waals surface area contributed by atoms with E-state index in [1.54, 1.807) is 0 Å². The average Bonchev–Trinajstić information content (AvgIpc) is 0.848. The Morgan fingerprint density at radius 3 is 0.629 bits per heavy atom. The molecule has 0 aromatic heterocycles. The van der Waals surface area contributed by atoms with Gasteiger partial charge in [0.1, 0.15) is 89.3 Å². The maximum Gasteiger partial charge on any atom is 0.305 e. The van der Waals surface area contributed by atoms with Gasteiger partial charge in [-0.1, -0.05) is 164 Å². The summed E-state index contributed by atoms with van der Waals surface area (Å²) >= 11 is 0. The van der Waals surface area contributed by atoms with Gasteiger partial charge in [0.05, 0.1) is 18.5 Å². The largest absolute Gasteiger partial charge is 0.464 e. The molecular formula is C78H85NO7P3+3. The summed E-state index contributed by atoms with van der Waals surface area (Å²) in [7, 11) is -4.65. The van der Waals surface area contributed by atoms with Gasteiger partial charge in [-0.25, -0.2) is 0 Å². The van der Waals surface area contributed by atoms with Gasteiger partial charge in [0, 0.05) is 26.3 Å². The summed E-state index contributed by atoms with van der Waals surface area (Å²) < 4.78 is 18.0. The van der Waals surface area contributed by atoms with E-state index in [9.17, 15) is 19.2 Å². The van der Waals surface area contributed by atoms with Crippen molar-refractivity contribution in [3.63, 3.8) is 0 Å². The molecule has 0 spiro atoms. The molecular weight excluding hydrogens is 1160 g/mol. The van der Waals surface area contributed by atoms with Gasteiger partial charge in [0.15, 0.2) is 5.41 Å². The van der Waals surface area contributed by atoms with Crippen LogP contribution in [0.2, 0.25) is 0 Å². The van der Waals surface area contributed by atoms with E-state index in [0.717, 1.165) is 57.0 Å². The SMILES string of the molecule is CNC(=O)C(COC(=O)CCCCC[P+](c1ccccc1)(c1ccccc1)c1ccccc1)(COC(=O)CCCCC[P+](c1ccccc1)(c1ccccc1)c1ccccc1)COC(=O)CCCCC[P+](c1ccccc1)(c1ccccc1)c1ccccc1. The number of ether oxygens (including phenoxy) is 3. The van der Waals surface area contributed by atoms with Crippen LogP contribution in [0, 0.1) is 5.41 Å². The van der Waals surface area contributed by atoms with Crippen LogP contribution >= 0.6 is 21.8 Å². The maximum absolute atomic E-state index is 14.2. The second-order valence-electron chi connectivity index (χ2n) is 22.9. The molecule has 9 aromatic carbocycles. The summed E-state index contributed by atoms with van der Waals surface area (Å²) in [5.41, 5.74) is -1.70. The number of carbonyl (C=O) groups excluding carboxylic acids is 4. The van der Waals surface area contributed by atoms with E-state index >= 15 is 0 Å². The van der Waals surface area contributed by atoms with Crippen molar-refractivity contribution in [2.45, 2.75) is 77.0 Å². The minimum atomic E-state index is -2.05. The van der Waals surface area contributed by atoms with E-state index in [0.29, 0.717) is 19.3 Å². The highest BCUT2D eigenvalue weighted by Gasteiger charge is 2.48. The standard InChI is InChI=1S/C78H84NO7P3/c1-79-77(83)78(62-84-74(80)56-32-11-35-59-87(65-38-14-2-15-39-65,66-40-16-3-17-41-66)67-42-18-4-19-43-67,63-85-75(81)57-33-12-36-60-88(68-44-20-5-21-45-68,69-46-22-6-23-47-69)70-48-24-7-25-49-70)64-86-76(82)58-34-13-37-61-89(71-50-26-8-27-51-71,72-52-28-9-29-53-72)73-54-30-10-31-55-73/h2-10,14-31,38-55H,11-13,32-37,56-64H2,1H3/q+2/p+1. The molecule has 0 aliphatic carbocycles. The molecule has 0 aliphatic heterocycles. The Bertz CT molecular complexity index is 2900. The highest BCUT2D eigenvalue weighted by Crippen LogP contribution is 2.58. The van der Waals surface area contributed by atoms with Gasteiger partial charge >= 0.3 is 17.9 Å². The summed E-state index contributed by atoms with van der Waals surface area (Å²) in [6.45, 7) is -1.32. The molecule has 89 heavy (non-hydrogen) atoms. The maximum atomic E-state index is 14.2. The Labute approximate surface area is 529 Å². The first-order valence-corrected chi connectivity index (χ1v) is 37.5. The highest BCUT2D eigenvalue weighted by molar-refractivity contribution is 7.96. The van der Waals surface area contributed by atoms with Crippen molar-refractivity contribution >= 4 is 93.3 Å². The molecule has 0 unspecified atom stereocenters. The predicted octanol–water partition coefficient (Wildman–Crippen LogP) is 13.0. The van der Waals surface area contributed by atoms with E-state index in [4.69, 9.17) is 14.2 Å². The summed E-state index contributed by atoms with van der Waals surface area (Å²) in [6, 6.07) is 97.0. The van der Waals surface area contributed by atoms with E-state index < -0.39 is 70.8 Å². The zero-order valence-corrected chi connectivity index (χ0v) is 54.1. The number of rotatable bonds is 34. The number of amides is 1. The molecule has 1 N–H and O–H groups in total. The van der Waals surface area contributed by atoms with Crippen LogP contribution in [-0.4, -0.2) is 69.2 Å². The summed E-state index contributed by atoms with van der Waals surface area (Å²) in [5.74, 6) is -1.99. The fourth-order valence-corrected chi connectivity index (χ4v) is 25.7. The highest BCUT2D eigenvalue weighted by atomic mass is 31.2. The molecule has 456 valence electrons. The third kappa shape index (κ3) is 16.7. The lowest BCUT2D eigenvalue weighted by molar-refractivity contribution is -0.167. The number of carbonyl (C=O) groups is 4. The molecule has 0 radical (unpaired) electrons. The molecule has 0 heterocycles. The first-order chi connectivity index (χ1) is 43.7. The molecule has 0 saturated heterocycles. The van der Waals surface area contributed by atoms with Crippen LogP contribution in [0.3, 0.4) is 0 Å². The number of benzene rings is 9. The van der Waals surface area contributed by atoms with Gasteiger partial charge in [-0.3, -0.25) is 19.2 Å². The first-order valence-electron chi connectivity index (χ1n) is 31.6. The van der Waals surface area contributed by atoms with E-state index in [1.807, 2.05) is 0 Å². The van der Waals surface area contributed by atoms with E-state index in [-0.39, 0.29) is 19.3 Å². The minimum Gasteiger partial charge on any atom is -0.464 e. The van der Waals surface area contributed by atoms with E-state index in [2.05, 4.69) is 278 Å². The Hall–Kier alpha value is -7.85. The Morgan fingerprint density at radius 2 is 0.461 bits per heavy atom. The fourth-order valence-electron chi connectivity index (χ4n) is 12.5. The third-order valence-corrected chi connectivity index (χ3v) is 30.7. The van der Waals surface area contributed by atoms with Crippen LogP contribution in [0.4, 0.5) is 0 Å². The molecule has 0 aliphatic rings. The number of unbranched alkanes of at least 4 members (excludes halogenated alkanes) is 6. The molecule has 8 nitrogen and oxygen atoms in total. The van der Waals surface area contributed by atoms with Crippen molar-refractivity contribution in [1.29, 1.82) is 0 Å². The van der Waals surface area contributed by atoms with Gasteiger partial charge in [0.2, 0.25) is 5.91 Å². The van der Waals surface area contributed by atoms with Crippen molar-refractivity contribution < 1.29 is 33.4 Å². The molecule has 0 saturated carbocycles. The van der Waals surface area contributed by atoms with Crippen molar-refractivity contribution in [2.24, 2.45) is 5.41 Å². The minimum absolute atomic E-state index is 0.127. The summed E-state index contributed by atoms with van der Waals surface area (Å²) in [5, 5.41) is 14.5. The smallest absolute Gasteiger partial charge is 0.305 e. The van der Waals surface area contributed by atoms with Gasteiger partial charge in [-0.2, -0.15) is 0 Å². The third-order valence-electron chi connectivity index (χ3n) is 17.1. The number of hydrogen-bond acceptors (Lipinski definition) is 7. The number of hydrogen-bond donors (Lipinski definition) is 1. The predicted molar refractivity (Wildman–Crippen MR) is 375 cm³/mol. The monoisotopic (exact) mass is 1240 g/mol. The topological polar surface area (TPSA) is 108 Å². The Kier molecular flexibility index (Phi) is 24.8. The van der Waals surface area contributed by atoms with Gasteiger partial charge in [0.25, 0.3) is 0 Å². The van der Waals surface area contributed by atoms with Crippen molar-refractivity contribution in [2.75, 3.05) is 45.4 Å². The molecule has 0 fully saturated rings. The lowest BCUT2D eigenvalue weighted by Crippen LogP contribution is -2.50.